The van der Waals surface area contributed by atoms with Gasteiger partial charge in [-0.1, -0.05) is 81.8 Å². The predicted octanol–water partition coefficient (Wildman–Crippen LogP) is 11.9. The molecule has 1 saturated heterocycles. The third-order valence-corrected chi connectivity index (χ3v) is 15.8. The number of halogens is 2. The van der Waals surface area contributed by atoms with Crippen molar-refractivity contribution >= 4 is 42.5 Å². The molecule has 0 bridgehead atoms. The summed E-state index contributed by atoms with van der Waals surface area (Å²) in [5.74, 6) is 1.42. The molecule has 3 saturated carbocycles. The second kappa shape index (κ2) is 14.9. The minimum absolute atomic E-state index is 0. The smallest absolute Gasteiger partial charge is 0.122 e. The molecule has 0 N–H and O–H groups in total. The van der Waals surface area contributed by atoms with Crippen LogP contribution in [0.4, 0.5) is 11.4 Å². The van der Waals surface area contributed by atoms with Crippen LogP contribution in [0.25, 0.3) is 0 Å². The van der Waals surface area contributed by atoms with Crippen molar-refractivity contribution in [3.05, 3.63) is 69.0 Å². The average Bonchev–Trinajstić information content (AvgIpc) is 3.37. The molecule has 0 spiro atoms. The second-order valence-corrected chi connectivity index (χ2v) is 19.4. The molecule has 1 atom stereocenters. The van der Waals surface area contributed by atoms with Gasteiger partial charge in [0.25, 0.3) is 0 Å². The van der Waals surface area contributed by atoms with Crippen LogP contribution in [0.2, 0.25) is 0 Å². The Morgan fingerprint density at radius 1 is 0.622 bits per heavy atom. The predicted molar refractivity (Wildman–Crippen MR) is 196 cm³/mol. The summed E-state index contributed by atoms with van der Waals surface area (Å²) in [6.07, 6.45) is 17.1. The van der Waals surface area contributed by atoms with E-state index in [2.05, 4.69) is 75.6 Å². The Labute approximate surface area is 298 Å². The van der Waals surface area contributed by atoms with Gasteiger partial charge in [0, 0.05) is 56.0 Å². The maximum absolute atomic E-state index is 7.24. The molecule has 2 aromatic rings. The molecule has 6 heteroatoms. The first-order valence-electron chi connectivity index (χ1n) is 17.6. The summed E-state index contributed by atoms with van der Waals surface area (Å²) in [6.45, 7) is 15.7. The quantitative estimate of drug-likeness (QED) is 0.170. The molecule has 0 amide bonds. The van der Waals surface area contributed by atoms with Gasteiger partial charge in [0.2, 0.25) is 0 Å². The van der Waals surface area contributed by atoms with Crippen molar-refractivity contribution in [2.75, 3.05) is 22.9 Å². The number of aryl methyl sites for hydroxylation is 6. The van der Waals surface area contributed by atoms with E-state index in [9.17, 15) is 0 Å². The summed E-state index contributed by atoms with van der Waals surface area (Å²) < 4.78 is -0.701. The summed E-state index contributed by atoms with van der Waals surface area (Å²) >= 11 is 14.5. The number of allylic oxidation sites excluding steroid dienone is 1. The van der Waals surface area contributed by atoms with Gasteiger partial charge < -0.3 is 9.80 Å². The molecule has 2 aromatic carbocycles. The molecule has 3 aliphatic carbocycles. The summed E-state index contributed by atoms with van der Waals surface area (Å²) in [5, 5.41) is 0. The summed E-state index contributed by atoms with van der Waals surface area (Å²) in [7, 11) is -0.157. The van der Waals surface area contributed by atoms with Gasteiger partial charge in [-0.15, -0.1) is 23.2 Å². The molecular weight excluding hydrogens is 699 g/mol. The van der Waals surface area contributed by atoms with Gasteiger partial charge in [-0.05, 0) is 119 Å². The third-order valence-electron chi connectivity index (χ3n) is 11.1. The number of benzene rings is 2. The fourth-order valence-electron chi connectivity index (χ4n) is 9.67. The van der Waals surface area contributed by atoms with Crippen molar-refractivity contribution in [3.8, 4) is 0 Å². The van der Waals surface area contributed by atoms with Gasteiger partial charge in [0.1, 0.15) is 10.2 Å². The number of anilines is 2. The van der Waals surface area contributed by atoms with E-state index in [0.29, 0.717) is 5.66 Å². The normalized spacial score (nSPS) is 23.2. The maximum atomic E-state index is 7.24. The molecule has 2 nitrogen and oxygen atoms in total. The molecule has 4 aliphatic rings. The minimum Gasteiger partial charge on any atom is -0.325 e. The monoisotopic (exact) mass is 754 g/mol. The first-order chi connectivity index (χ1) is 21.0. The molecule has 1 aliphatic heterocycles. The Morgan fingerprint density at radius 2 is 1.02 bits per heavy atom. The van der Waals surface area contributed by atoms with Gasteiger partial charge in [0.05, 0.1) is 0 Å². The van der Waals surface area contributed by atoms with Crippen molar-refractivity contribution in [3.63, 3.8) is 0 Å². The van der Waals surface area contributed by atoms with Gasteiger partial charge in [0.15, 0.2) is 0 Å². The van der Waals surface area contributed by atoms with Crippen LogP contribution in [-0.4, -0.2) is 34.4 Å². The zero-order valence-corrected chi connectivity index (χ0v) is 32.7. The van der Waals surface area contributed by atoms with Crippen molar-refractivity contribution < 1.29 is 19.5 Å². The molecule has 45 heavy (non-hydrogen) atoms. The molecule has 1 heterocycles. The Kier molecular flexibility index (Phi) is 11.8. The van der Waals surface area contributed by atoms with Gasteiger partial charge >= 0.3 is 0 Å². The SMILES string of the molecule is Cc1cc(C)c(N2CCN(c3c(C)cc(C)cc3C)C2=C2CC(Cl)(Cl)CCC2P(C2CCCCC2)C2CCCCC2)c(C)c1.[Ru]. The van der Waals surface area contributed by atoms with Crippen LogP contribution in [0, 0.1) is 41.5 Å². The van der Waals surface area contributed by atoms with E-state index in [0.717, 1.165) is 43.7 Å². The molecule has 0 radical (unpaired) electrons. The molecule has 4 fully saturated rings. The Balaban J connectivity index is 0.00000400. The van der Waals surface area contributed by atoms with E-state index in [1.807, 2.05) is 0 Å². The Bertz CT molecular complexity index is 1260. The zero-order chi connectivity index (χ0) is 31.2. The van der Waals surface area contributed by atoms with E-state index in [1.54, 1.807) is 5.57 Å². The van der Waals surface area contributed by atoms with Crippen LogP contribution in [0.5, 0.6) is 0 Å². The number of nitrogens with zero attached hydrogens (tertiary/aromatic N) is 2. The molecule has 0 aromatic heterocycles. The largest absolute Gasteiger partial charge is 0.325 e. The van der Waals surface area contributed by atoms with Crippen LogP contribution >= 0.6 is 31.1 Å². The summed E-state index contributed by atoms with van der Waals surface area (Å²) in [5.41, 5.74) is 14.9. The van der Waals surface area contributed by atoms with Crippen LogP contribution in [0.3, 0.4) is 0 Å². The first kappa shape index (κ1) is 35.7. The standard InChI is InChI=1S/C39H55Cl2N2P.Ru/c1-26-21-28(3)36(29(4)22-26)42-19-20-43(37-30(5)23-27(2)24-31(37)6)38(42)34-25-39(40,41)18-17-35(34)44(32-13-9-7-10-14-32)33-15-11-8-12-16-33;/h21-24,32-33,35H,7-20,25H2,1-6H3;. The van der Waals surface area contributed by atoms with E-state index in [4.69, 9.17) is 23.2 Å². The van der Waals surface area contributed by atoms with Crippen molar-refractivity contribution in [2.24, 2.45) is 0 Å². The third kappa shape index (κ3) is 7.53. The first-order valence-corrected chi connectivity index (χ1v) is 19.9. The van der Waals surface area contributed by atoms with Crippen LogP contribution in [-0.2, 0) is 19.5 Å². The average molecular weight is 755 g/mol. The fourth-order valence-corrected chi connectivity index (χ4v) is 14.7. The zero-order valence-electron chi connectivity index (χ0n) is 28.6. The molecule has 248 valence electrons. The number of hydrogen-bond donors (Lipinski definition) is 0. The minimum atomic E-state index is -0.701. The number of alkyl halides is 2. The Morgan fingerprint density at radius 3 is 1.42 bits per heavy atom. The molecule has 1 unspecified atom stereocenters. The van der Waals surface area contributed by atoms with Gasteiger partial charge in [-0.3, -0.25) is 0 Å². The topological polar surface area (TPSA) is 6.48 Å². The van der Waals surface area contributed by atoms with Crippen molar-refractivity contribution in [2.45, 2.75) is 146 Å². The van der Waals surface area contributed by atoms with Gasteiger partial charge in [-0.2, -0.15) is 0 Å². The number of hydrogen-bond acceptors (Lipinski definition) is 2. The van der Waals surface area contributed by atoms with Crippen LogP contribution in [0.15, 0.2) is 35.7 Å². The summed E-state index contributed by atoms with van der Waals surface area (Å²) in [6, 6.07) is 9.49. The van der Waals surface area contributed by atoms with E-state index < -0.39 is 4.33 Å². The van der Waals surface area contributed by atoms with Crippen molar-refractivity contribution in [1.82, 2.24) is 0 Å². The fraction of sp³-hybridized carbons (Fsp3) is 0.641. The molecular formula is C39H55Cl2N2PRu. The number of rotatable bonds is 5. The maximum Gasteiger partial charge on any atom is 0.122 e. The van der Waals surface area contributed by atoms with E-state index in [1.165, 1.54) is 115 Å². The summed E-state index contributed by atoms with van der Waals surface area (Å²) in [4.78, 5) is 5.41. The van der Waals surface area contributed by atoms with E-state index >= 15 is 0 Å². The van der Waals surface area contributed by atoms with Crippen molar-refractivity contribution in [1.29, 1.82) is 0 Å². The molecule has 6 rings (SSSR count). The van der Waals surface area contributed by atoms with Crippen LogP contribution in [0.1, 0.15) is 117 Å². The Hall–Kier alpha value is -0.587. The van der Waals surface area contributed by atoms with Gasteiger partial charge in [-0.25, -0.2) is 0 Å². The van der Waals surface area contributed by atoms with Crippen LogP contribution < -0.4 is 9.80 Å². The van der Waals surface area contributed by atoms with E-state index in [-0.39, 0.29) is 27.4 Å². The second-order valence-electron chi connectivity index (χ2n) is 14.8.